The van der Waals surface area contributed by atoms with Crippen molar-refractivity contribution >= 4 is 21.8 Å². The third-order valence-electron chi connectivity index (χ3n) is 3.32. The zero-order chi connectivity index (χ0) is 16.9. The van der Waals surface area contributed by atoms with E-state index in [9.17, 15) is 8.42 Å². The van der Waals surface area contributed by atoms with Crippen LogP contribution < -0.4 is 9.46 Å². The molecule has 2 aromatic rings. The van der Waals surface area contributed by atoms with Crippen LogP contribution in [0.2, 0.25) is 5.02 Å². The lowest BCUT2D eigenvalue weighted by atomic mass is 10.2. The van der Waals surface area contributed by atoms with Crippen LogP contribution in [0.15, 0.2) is 48.5 Å². The first-order valence-corrected chi connectivity index (χ1v) is 8.81. The van der Waals surface area contributed by atoms with Crippen LogP contribution in [0.4, 0.5) is 0 Å². The Labute approximate surface area is 142 Å². The highest BCUT2D eigenvalue weighted by atomic mass is 35.5. The summed E-state index contributed by atoms with van der Waals surface area (Å²) in [4.78, 5) is 0. The highest BCUT2D eigenvalue weighted by Crippen LogP contribution is 2.15. The second-order valence-corrected chi connectivity index (χ2v) is 7.36. The fraction of sp³-hybridized carbons (Fsp3) is 0.250. The van der Waals surface area contributed by atoms with Gasteiger partial charge >= 0.3 is 0 Å². The molecule has 0 amide bonds. The molecule has 0 radical (unpaired) electrons. The summed E-state index contributed by atoms with van der Waals surface area (Å²) < 4.78 is 33.5. The van der Waals surface area contributed by atoms with Gasteiger partial charge in [0.25, 0.3) is 10.2 Å². The van der Waals surface area contributed by atoms with E-state index in [1.54, 1.807) is 31.4 Å². The minimum atomic E-state index is -3.58. The molecule has 0 bridgehead atoms. The molecule has 0 saturated heterocycles. The van der Waals surface area contributed by atoms with E-state index in [2.05, 4.69) is 4.72 Å². The molecule has 0 unspecified atom stereocenters. The van der Waals surface area contributed by atoms with E-state index in [1.807, 2.05) is 24.3 Å². The third kappa shape index (κ3) is 5.21. The van der Waals surface area contributed by atoms with Crippen molar-refractivity contribution in [3.8, 4) is 5.75 Å². The summed E-state index contributed by atoms with van der Waals surface area (Å²) in [5, 5.41) is 0.617. The van der Waals surface area contributed by atoms with Crippen LogP contribution in [-0.4, -0.2) is 26.9 Å². The second-order valence-electron chi connectivity index (χ2n) is 5.06. The molecule has 0 aliphatic carbocycles. The molecule has 0 aromatic heterocycles. The molecule has 1 N–H and O–H groups in total. The van der Waals surface area contributed by atoms with E-state index in [1.165, 1.54) is 11.4 Å². The zero-order valence-corrected chi connectivity index (χ0v) is 14.6. The summed E-state index contributed by atoms with van der Waals surface area (Å²) in [6, 6.07) is 14.3. The molecule has 0 aliphatic rings. The predicted octanol–water partition coefficient (Wildman–Crippen LogP) is 2.82. The lowest BCUT2D eigenvalue weighted by molar-refractivity contribution is 0.412. The normalized spacial score (nSPS) is 11.7. The molecule has 7 heteroatoms. The van der Waals surface area contributed by atoms with Crippen LogP contribution in [-0.2, 0) is 23.3 Å². The molecule has 0 heterocycles. The highest BCUT2D eigenvalue weighted by molar-refractivity contribution is 7.87. The van der Waals surface area contributed by atoms with Crippen LogP contribution in [0.5, 0.6) is 5.75 Å². The Morgan fingerprint density at radius 1 is 1.13 bits per heavy atom. The van der Waals surface area contributed by atoms with E-state index in [0.29, 0.717) is 10.8 Å². The number of ether oxygens (including phenoxy) is 1. The van der Waals surface area contributed by atoms with E-state index >= 15 is 0 Å². The average Bonchev–Trinajstić information content (AvgIpc) is 2.54. The fourth-order valence-electron chi connectivity index (χ4n) is 2.00. The Balaban J connectivity index is 1.99. The van der Waals surface area contributed by atoms with Gasteiger partial charge in [-0.25, -0.2) is 0 Å². The van der Waals surface area contributed by atoms with Gasteiger partial charge in [0.05, 0.1) is 7.11 Å². The van der Waals surface area contributed by atoms with Gasteiger partial charge in [0.1, 0.15) is 5.75 Å². The lowest BCUT2D eigenvalue weighted by Crippen LogP contribution is -2.37. The van der Waals surface area contributed by atoms with Gasteiger partial charge in [-0.2, -0.15) is 17.4 Å². The van der Waals surface area contributed by atoms with Gasteiger partial charge in [-0.05, 0) is 35.4 Å². The van der Waals surface area contributed by atoms with Gasteiger partial charge in [-0.15, -0.1) is 0 Å². The number of methoxy groups -OCH3 is 1. The quantitative estimate of drug-likeness (QED) is 0.831. The third-order valence-corrected chi connectivity index (χ3v) is 5.03. The first kappa shape index (κ1) is 17.7. The van der Waals surface area contributed by atoms with Crippen LogP contribution in [0.3, 0.4) is 0 Å². The monoisotopic (exact) mass is 354 g/mol. The molecule has 5 nitrogen and oxygen atoms in total. The maximum absolute atomic E-state index is 12.3. The van der Waals surface area contributed by atoms with Crippen LogP contribution in [0.1, 0.15) is 11.1 Å². The number of nitrogens with zero attached hydrogens (tertiary/aromatic N) is 1. The van der Waals surface area contributed by atoms with E-state index < -0.39 is 10.2 Å². The summed E-state index contributed by atoms with van der Waals surface area (Å²) in [7, 11) is -0.469. The molecule has 2 rings (SSSR count). The smallest absolute Gasteiger partial charge is 0.279 e. The van der Waals surface area contributed by atoms with Gasteiger partial charge in [0, 0.05) is 25.2 Å². The summed E-state index contributed by atoms with van der Waals surface area (Å²) in [5.74, 6) is 0.697. The maximum Gasteiger partial charge on any atom is 0.279 e. The number of nitrogens with one attached hydrogen (secondary N) is 1. The van der Waals surface area contributed by atoms with Crippen molar-refractivity contribution in [2.45, 2.75) is 13.1 Å². The van der Waals surface area contributed by atoms with E-state index in [4.69, 9.17) is 16.3 Å². The van der Waals surface area contributed by atoms with Gasteiger partial charge in [-0.3, -0.25) is 0 Å². The summed E-state index contributed by atoms with van der Waals surface area (Å²) >= 11 is 5.81. The Bertz CT molecular complexity index is 748. The van der Waals surface area contributed by atoms with Crippen molar-refractivity contribution in [1.82, 2.24) is 9.03 Å². The predicted molar refractivity (Wildman–Crippen MR) is 91.7 cm³/mol. The zero-order valence-electron chi connectivity index (χ0n) is 13.0. The Morgan fingerprint density at radius 3 is 2.48 bits per heavy atom. The SMILES string of the molecule is COc1cccc(CN(C)S(=O)(=O)NCc2ccc(Cl)cc2)c1. The fourth-order valence-corrected chi connectivity index (χ4v) is 3.01. The topological polar surface area (TPSA) is 58.6 Å². The molecular formula is C16H19ClN2O3S. The molecule has 0 aliphatic heterocycles. The molecule has 0 atom stereocenters. The van der Waals surface area contributed by atoms with Crippen LogP contribution >= 0.6 is 11.6 Å². The minimum absolute atomic E-state index is 0.210. The Kier molecular flexibility index (Phi) is 6.01. The number of rotatable bonds is 7. The Morgan fingerprint density at radius 2 is 1.83 bits per heavy atom. The largest absolute Gasteiger partial charge is 0.497 e. The molecular weight excluding hydrogens is 336 g/mol. The lowest BCUT2D eigenvalue weighted by Gasteiger charge is -2.18. The van der Waals surface area contributed by atoms with Crippen LogP contribution in [0.25, 0.3) is 0 Å². The maximum atomic E-state index is 12.3. The highest BCUT2D eigenvalue weighted by Gasteiger charge is 2.17. The second kappa shape index (κ2) is 7.79. The van der Waals surface area contributed by atoms with Crippen molar-refractivity contribution in [3.05, 3.63) is 64.7 Å². The van der Waals surface area contributed by atoms with Gasteiger partial charge in [-0.1, -0.05) is 35.9 Å². The first-order valence-electron chi connectivity index (χ1n) is 6.99. The minimum Gasteiger partial charge on any atom is -0.497 e. The molecule has 0 saturated carbocycles. The van der Waals surface area contributed by atoms with Gasteiger partial charge < -0.3 is 4.74 Å². The van der Waals surface area contributed by atoms with Crippen molar-refractivity contribution in [2.24, 2.45) is 0 Å². The summed E-state index contributed by atoms with van der Waals surface area (Å²) in [6.07, 6.45) is 0. The van der Waals surface area contributed by atoms with Crippen LogP contribution in [0, 0.1) is 0 Å². The molecule has 124 valence electrons. The van der Waals surface area contributed by atoms with Crippen molar-refractivity contribution in [2.75, 3.05) is 14.2 Å². The van der Waals surface area contributed by atoms with Crippen molar-refractivity contribution in [1.29, 1.82) is 0 Å². The molecule has 2 aromatic carbocycles. The average molecular weight is 355 g/mol. The molecule has 0 fully saturated rings. The number of hydrogen-bond acceptors (Lipinski definition) is 3. The number of hydrogen-bond donors (Lipinski definition) is 1. The summed E-state index contributed by atoms with van der Waals surface area (Å²) in [6.45, 7) is 0.467. The van der Waals surface area contributed by atoms with Gasteiger partial charge in [0.2, 0.25) is 0 Å². The summed E-state index contributed by atoms with van der Waals surface area (Å²) in [5.41, 5.74) is 1.69. The Hall–Kier alpha value is -1.60. The van der Waals surface area contributed by atoms with E-state index in [-0.39, 0.29) is 13.1 Å². The number of halogens is 1. The van der Waals surface area contributed by atoms with Crippen molar-refractivity contribution < 1.29 is 13.2 Å². The van der Waals surface area contributed by atoms with Crippen molar-refractivity contribution in [3.63, 3.8) is 0 Å². The first-order chi connectivity index (χ1) is 10.9. The molecule has 23 heavy (non-hydrogen) atoms. The molecule has 0 spiro atoms. The van der Waals surface area contributed by atoms with E-state index in [0.717, 1.165) is 11.1 Å². The standard InChI is InChI=1S/C16H19ClN2O3S/c1-19(12-14-4-3-5-16(10-14)22-2)23(20,21)18-11-13-6-8-15(17)9-7-13/h3-10,18H,11-12H2,1-2H3. The number of benzene rings is 2. The van der Waals surface area contributed by atoms with Gasteiger partial charge in [0.15, 0.2) is 0 Å².